The van der Waals surface area contributed by atoms with Gasteiger partial charge in [-0.2, -0.15) is 0 Å². The van der Waals surface area contributed by atoms with Crippen LogP contribution in [0.2, 0.25) is 0 Å². The number of esters is 2. The summed E-state index contributed by atoms with van der Waals surface area (Å²) in [6.07, 6.45) is 73.5. The summed E-state index contributed by atoms with van der Waals surface area (Å²) in [7, 11) is 0. The fourth-order valence-electron chi connectivity index (χ4n) is 8.00. The monoisotopic (exact) mass is 921 g/mol. The van der Waals surface area contributed by atoms with E-state index >= 15 is 0 Å². The summed E-state index contributed by atoms with van der Waals surface area (Å²) in [6, 6.07) is 0. The van der Waals surface area contributed by atoms with Gasteiger partial charge in [0, 0.05) is 19.4 Å². The molecule has 0 spiro atoms. The molecule has 1 unspecified atom stereocenters. The first-order chi connectivity index (χ1) is 32.6. The zero-order chi connectivity index (χ0) is 47.7. The van der Waals surface area contributed by atoms with Gasteiger partial charge in [0.2, 0.25) is 0 Å². The summed E-state index contributed by atoms with van der Waals surface area (Å²) in [5.74, 6) is -0.412. The van der Waals surface area contributed by atoms with E-state index in [4.69, 9.17) is 14.2 Å². The third-order valence-corrected chi connectivity index (χ3v) is 12.2. The van der Waals surface area contributed by atoms with Crippen LogP contribution in [-0.2, 0) is 23.8 Å². The second-order valence-corrected chi connectivity index (χ2v) is 18.8. The van der Waals surface area contributed by atoms with Crippen LogP contribution in [0.5, 0.6) is 0 Å². The summed E-state index contributed by atoms with van der Waals surface area (Å²) in [6.45, 7) is 7.67. The summed E-state index contributed by atoms with van der Waals surface area (Å²) < 4.78 is 17.4. The highest BCUT2D eigenvalue weighted by Crippen LogP contribution is 2.16. The standard InChI is InChI=1S/C61H108O5/c1-4-7-10-13-16-19-22-25-27-29-30-31-33-35-38-41-44-47-50-53-56-64-57-59(66-61(63)55-52-49-46-43-40-36-24-21-18-15-12-9-6-3)58-65-60(62)54-51-48-45-42-39-37-34-32-28-26-23-20-17-14-11-8-5-2/h7,10,16,19,21,24-25,27,30-31,35,38,59H,4-6,8-9,11-15,17-18,20,22-23,26,28-29,32-34,36-37,39-58H2,1-3H3/b10-7-,19-16-,24-21-,27-25-,31-30-,38-35-. The van der Waals surface area contributed by atoms with Gasteiger partial charge < -0.3 is 14.2 Å². The Kier molecular flexibility index (Phi) is 54.4. The van der Waals surface area contributed by atoms with Crippen molar-refractivity contribution in [3.05, 3.63) is 72.9 Å². The minimum absolute atomic E-state index is 0.0723. The average Bonchev–Trinajstić information content (AvgIpc) is 3.32. The maximum absolute atomic E-state index is 12.8. The van der Waals surface area contributed by atoms with Crippen LogP contribution in [0.25, 0.3) is 0 Å². The molecule has 0 bridgehead atoms. The molecule has 0 N–H and O–H groups in total. The van der Waals surface area contributed by atoms with Gasteiger partial charge in [0.1, 0.15) is 6.61 Å². The third kappa shape index (κ3) is 54.0. The number of rotatable bonds is 52. The quantitative estimate of drug-likeness (QED) is 0.0346. The van der Waals surface area contributed by atoms with E-state index in [2.05, 4.69) is 93.7 Å². The smallest absolute Gasteiger partial charge is 0.306 e. The normalized spacial score (nSPS) is 12.7. The molecule has 1 atom stereocenters. The summed E-state index contributed by atoms with van der Waals surface area (Å²) in [5, 5.41) is 0. The Morgan fingerprint density at radius 1 is 0.348 bits per heavy atom. The summed E-state index contributed by atoms with van der Waals surface area (Å²) >= 11 is 0. The van der Waals surface area contributed by atoms with Crippen LogP contribution < -0.4 is 0 Å². The molecule has 0 aromatic carbocycles. The van der Waals surface area contributed by atoms with Gasteiger partial charge in [-0.1, -0.05) is 248 Å². The van der Waals surface area contributed by atoms with Crippen LogP contribution in [0, 0.1) is 0 Å². The highest BCUT2D eigenvalue weighted by atomic mass is 16.6. The van der Waals surface area contributed by atoms with E-state index in [-0.39, 0.29) is 25.2 Å². The number of allylic oxidation sites excluding steroid dienone is 12. The molecule has 382 valence electrons. The average molecular weight is 922 g/mol. The van der Waals surface area contributed by atoms with Crippen molar-refractivity contribution in [2.45, 2.75) is 284 Å². The van der Waals surface area contributed by atoms with Crippen molar-refractivity contribution in [1.29, 1.82) is 0 Å². The largest absolute Gasteiger partial charge is 0.462 e. The molecule has 0 aliphatic heterocycles. The number of unbranched alkanes of at least 4 members (excludes halogenated alkanes) is 29. The van der Waals surface area contributed by atoms with Crippen LogP contribution >= 0.6 is 0 Å². The lowest BCUT2D eigenvalue weighted by Gasteiger charge is -2.18. The Balaban J connectivity index is 4.30. The second kappa shape index (κ2) is 56.7. The molecule has 5 nitrogen and oxygen atoms in total. The third-order valence-electron chi connectivity index (χ3n) is 12.2. The van der Waals surface area contributed by atoms with Gasteiger partial charge in [-0.3, -0.25) is 9.59 Å². The summed E-state index contributed by atoms with van der Waals surface area (Å²) in [5.41, 5.74) is 0. The van der Waals surface area contributed by atoms with Crippen LogP contribution in [-0.4, -0.2) is 37.9 Å². The molecular weight excluding hydrogens is 813 g/mol. The fourth-order valence-corrected chi connectivity index (χ4v) is 8.00. The molecule has 66 heavy (non-hydrogen) atoms. The number of ether oxygens (including phenoxy) is 3. The minimum atomic E-state index is -0.555. The van der Waals surface area contributed by atoms with Gasteiger partial charge in [0.05, 0.1) is 6.61 Å². The zero-order valence-corrected chi connectivity index (χ0v) is 44.0. The second-order valence-electron chi connectivity index (χ2n) is 18.8. The van der Waals surface area contributed by atoms with Gasteiger partial charge in [-0.05, 0) is 89.9 Å². The maximum Gasteiger partial charge on any atom is 0.306 e. The van der Waals surface area contributed by atoms with E-state index in [1.54, 1.807) is 0 Å². The van der Waals surface area contributed by atoms with Crippen molar-refractivity contribution >= 4 is 11.9 Å². The molecule has 0 rings (SSSR count). The van der Waals surface area contributed by atoms with Crippen LogP contribution in [0.1, 0.15) is 278 Å². The lowest BCUT2D eigenvalue weighted by Crippen LogP contribution is -2.30. The van der Waals surface area contributed by atoms with Gasteiger partial charge in [0.25, 0.3) is 0 Å². The first-order valence-electron chi connectivity index (χ1n) is 28.5. The molecule has 0 aromatic heterocycles. The molecule has 0 saturated carbocycles. The highest BCUT2D eigenvalue weighted by molar-refractivity contribution is 5.70. The van der Waals surface area contributed by atoms with Crippen molar-refractivity contribution in [2.75, 3.05) is 19.8 Å². The Morgan fingerprint density at radius 2 is 0.682 bits per heavy atom. The molecule has 0 radical (unpaired) electrons. The zero-order valence-electron chi connectivity index (χ0n) is 44.0. The first-order valence-corrected chi connectivity index (χ1v) is 28.5. The lowest BCUT2D eigenvalue weighted by atomic mass is 10.0. The predicted molar refractivity (Wildman–Crippen MR) is 288 cm³/mol. The van der Waals surface area contributed by atoms with Crippen molar-refractivity contribution in [2.24, 2.45) is 0 Å². The Bertz CT molecular complexity index is 1180. The van der Waals surface area contributed by atoms with Crippen LogP contribution in [0.15, 0.2) is 72.9 Å². The lowest BCUT2D eigenvalue weighted by molar-refractivity contribution is -0.163. The van der Waals surface area contributed by atoms with Crippen molar-refractivity contribution in [3.8, 4) is 0 Å². The van der Waals surface area contributed by atoms with Crippen molar-refractivity contribution < 1.29 is 23.8 Å². The summed E-state index contributed by atoms with van der Waals surface area (Å²) in [4.78, 5) is 25.5. The molecule has 0 heterocycles. The van der Waals surface area contributed by atoms with Crippen LogP contribution in [0.4, 0.5) is 0 Å². The van der Waals surface area contributed by atoms with E-state index in [0.29, 0.717) is 19.4 Å². The van der Waals surface area contributed by atoms with Gasteiger partial charge in [-0.15, -0.1) is 0 Å². The van der Waals surface area contributed by atoms with E-state index < -0.39 is 6.10 Å². The van der Waals surface area contributed by atoms with E-state index in [0.717, 1.165) is 89.9 Å². The Morgan fingerprint density at radius 3 is 1.12 bits per heavy atom. The molecule has 0 amide bonds. The Hall–Kier alpha value is -2.66. The maximum atomic E-state index is 12.8. The Labute approximate surface area is 410 Å². The molecule has 5 heteroatoms. The molecule has 0 fully saturated rings. The SMILES string of the molecule is CC/C=C\C/C=C\C/C=C\C/C=C\C/C=C\CCCCCCOCC(COC(=O)CCCCCCCCCCCCCCCCCCC)OC(=O)CCCCCCC/C=C\CCCCCC. The molecule has 0 aliphatic carbocycles. The van der Waals surface area contributed by atoms with Gasteiger partial charge >= 0.3 is 11.9 Å². The van der Waals surface area contributed by atoms with E-state index in [9.17, 15) is 9.59 Å². The number of hydrogen-bond acceptors (Lipinski definition) is 5. The topological polar surface area (TPSA) is 61.8 Å². The number of carbonyl (C=O) groups excluding carboxylic acids is 2. The molecule has 0 aromatic rings. The van der Waals surface area contributed by atoms with Gasteiger partial charge in [-0.25, -0.2) is 0 Å². The van der Waals surface area contributed by atoms with Gasteiger partial charge in [0.15, 0.2) is 6.10 Å². The predicted octanol–water partition coefficient (Wildman–Crippen LogP) is 19.5. The highest BCUT2D eigenvalue weighted by Gasteiger charge is 2.17. The molecule has 0 saturated heterocycles. The van der Waals surface area contributed by atoms with E-state index in [1.807, 2.05) is 0 Å². The van der Waals surface area contributed by atoms with Crippen LogP contribution in [0.3, 0.4) is 0 Å². The fraction of sp³-hybridized carbons (Fsp3) is 0.770. The minimum Gasteiger partial charge on any atom is -0.462 e. The number of carbonyl (C=O) groups is 2. The van der Waals surface area contributed by atoms with Crippen molar-refractivity contribution in [3.63, 3.8) is 0 Å². The first kappa shape index (κ1) is 63.3. The molecule has 0 aliphatic rings. The molecular formula is C61H108O5. The van der Waals surface area contributed by atoms with E-state index in [1.165, 1.54) is 154 Å². The number of hydrogen-bond donors (Lipinski definition) is 0. The van der Waals surface area contributed by atoms with Crippen molar-refractivity contribution in [1.82, 2.24) is 0 Å².